The van der Waals surface area contributed by atoms with Crippen molar-refractivity contribution in [3.8, 4) is 0 Å². The molecule has 20 heavy (non-hydrogen) atoms. The van der Waals surface area contributed by atoms with Gasteiger partial charge in [0.1, 0.15) is 5.01 Å². The third-order valence-electron chi connectivity index (χ3n) is 2.74. The predicted octanol–water partition coefficient (Wildman–Crippen LogP) is 2.84. The van der Waals surface area contributed by atoms with Crippen LogP contribution in [0.3, 0.4) is 0 Å². The molecule has 1 aromatic carbocycles. The van der Waals surface area contributed by atoms with Crippen LogP contribution in [0.1, 0.15) is 28.0 Å². The van der Waals surface area contributed by atoms with Gasteiger partial charge in [-0.1, -0.05) is 23.7 Å². The van der Waals surface area contributed by atoms with Crippen molar-refractivity contribution in [3.63, 3.8) is 0 Å². The van der Waals surface area contributed by atoms with Crippen LogP contribution in [0, 0.1) is 6.92 Å². The molecule has 0 spiro atoms. The summed E-state index contributed by atoms with van der Waals surface area (Å²) in [5, 5.41) is 14.2. The van der Waals surface area contributed by atoms with Crippen LogP contribution in [0.25, 0.3) is 0 Å². The molecule has 1 heterocycles. The van der Waals surface area contributed by atoms with Gasteiger partial charge >= 0.3 is 0 Å². The minimum atomic E-state index is -0.828. The molecule has 4 nitrogen and oxygen atoms in total. The van der Waals surface area contributed by atoms with Gasteiger partial charge in [0.05, 0.1) is 19.1 Å². The Balaban J connectivity index is 1.83. The number of carbonyl (C=O) groups excluding carboxylic acids is 1. The molecule has 106 valence electrons. The van der Waals surface area contributed by atoms with Gasteiger partial charge in [-0.2, -0.15) is 0 Å². The number of amides is 1. The molecular weight excluding hydrogens is 296 g/mol. The number of carbonyl (C=O) groups is 1. The Bertz CT molecular complexity index is 583. The first-order valence-corrected chi connectivity index (χ1v) is 7.35. The Morgan fingerprint density at radius 3 is 2.75 bits per heavy atom. The fourth-order valence-electron chi connectivity index (χ4n) is 1.71. The van der Waals surface area contributed by atoms with Crippen LogP contribution in [0.4, 0.5) is 0 Å². The molecule has 1 atom stereocenters. The highest BCUT2D eigenvalue weighted by atomic mass is 35.5. The van der Waals surface area contributed by atoms with Crippen LogP contribution in [-0.4, -0.2) is 16.0 Å². The van der Waals surface area contributed by atoms with E-state index in [0.717, 1.165) is 9.88 Å². The molecule has 1 aromatic heterocycles. The normalized spacial score (nSPS) is 12.2. The highest BCUT2D eigenvalue weighted by Crippen LogP contribution is 2.19. The van der Waals surface area contributed by atoms with E-state index < -0.39 is 6.10 Å². The molecule has 2 rings (SSSR count). The maximum absolute atomic E-state index is 11.8. The van der Waals surface area contributed by atoms with Crippen LogP contribution < -0.4 is 5.32 Å². The number of nitrogens with zero attached hydrogens (tertiary/aromatic N) is 1. The fourth-order valence-corrected chi connectivity index (χ4v) is 2.56. The summed E-state index contributed by atoms with van der Waals surface area (Å²) < 4.78 is 0. The zero-order valence-corrected chi connectivity index (χ0v) is 12.5. The highest BCUT2D eigenvalue weighted by Gasteiger charge is 2.13. The Morgan fingerprint density at radius 1 is 1.45 bits per heavy atom. The lowest BCUT2D eigenvalue weighted by atomic mass is 10.1. The molecule has 2 aromatic rings. The quantitative estimate of drug-likeness (QED) is 0.892. The summed E-state index contributed by atoms with van der Waals surface area (Å²) in [4.78, 5) is 17.0. The lowest BCUT2D eigenvalue weighted by molar-refractivity contribution is -0.123. The summed E-state index contributed by atoms with van der Waals surface area (Å²) in [5.74, 6) is -0.208. The Labute approximate surface area is 126 Å². The van der Waals surface area contributed by atoms with E-state index in [2.05, 4.69) is 10.3 Å². The summed E-state index contributed by atoms with van der Waals surface area (Å²) in [5.41, 5.74) is 0.676. The summed E-state index contributed by atoms with van der Waals surface area (Å²) >= 11 is 7.32. The average Bonchev–Trinajstić information content (AvgIpc) is 2.83. The Kier molecular flexibility index (Phi) is 5.11. The standard InChI is InChI=1S/C14H15ClN2O2S/c1-9-7-17-14(20-9)8-16-13(19)6-12(18)10-2-4-11(15)5-3-10/h2-5,7,12,18H,6,8H2,1H3,(H,16,19). The summed E-state index contributed by atoms with van der Waals surface area (Å²) in [6.45, 7) is 2.36. The third-order valence-corrected chi connectivity index (χ3v) is 3.90. The van der Waals surface area contributed by atoms with Crippen LogP contribution >= 0.6 is 22.9 Å². The van der Waals surface area contributed by atoms with Crippen molar-refractivity contribution in [2.75, 3.05) is 0 Å². The van der Waals surface area contributed by atoms with Crippen molar-refractivity contribution in [1.29, 1.82) is 0 Å². The number of aryl methyl sites for hydroxylation is 1. The van der Waals surface area contributed by atoms with E-state index in [9.17, 15) is 9.90 Å². The largest absolute Gasteiger partial charge is 0.388 e. The van der Waals surface area contributed by atoms with Crippen LogP contribution in [0.15, 0.2) is 30.5 Å². The molecule has 0 radical (unpaired) electrons. The zero-order chi connectivity index (χ0) is 14.5. The highest BCUT2D eigenvalue weighted by molar-refractivity contribution is 7.11. The van der Waals surface area contributed by atoms with Crippen LogP contribution in [0.2, 0.25) is 5.02 Å². The smallest absolute Gasteiger partial charge is 0.223 e. The summed E-state index contributed by atoms with van der Waals surface area (Å²) in [6.07, 6.45) is 0.964. The number of halogens is 1. The molecule has 0 saturated carbocycles. The lowest BCUT2D eigenvalue weighted by Gasteiger charge is -2.10. The van der Waals surface area contributed by atoms with Crippen molar-refractivity contribution in [3.05, 3.63) is 50.9 Å². The van der Waals surface area contributed by atoms with Gasteiger partial charge in [-0.05, 0) is 24.6 Å². The van der Waals surface area contributed by atoms with E-state index >= 15 is 0 Å². The Morgan fingerprint density at radius 2 is 2.15 bits per heavy atom. The number of hydrogen-bond acceptors (Lipinski definition) is 4. The van der Waals surface area contributed by atoms with Crippen LogP contribution in [-0.2, 0) is 11.3 Å². The number of nitrogens with one attached hydrogen (secondary N) is 1. The first-order chi connectivity index (χ1) is 9.54. The van der Waals surface area contributed by atoms with Gasteiger partial charge in [0.25, 0.3) is 0 Å². The molecule has 1 amide bonds. The number of benzene rings is 1. The van der Waals surface area contributed by atoms with Gasteiger partial charge in [0.2, 0.25) is 5.91 Å². The van der Waals surface area contributed by atoms with Crippen molar-refractivity contribution in [1.82, 2.24) is 10.3 Å². The number of aliphatic hydroxyl groups excluding tert-OH is 1. The molecule has 0 bridgehead atoms. The van der Waals surface area contributed by atoms with Crippen molar-refractivity contribution in [2.24, 2.45) is 0 Å². The van der Waals surface area contributed by atoms with Gasteiger partial charge < -0.3 is 10.4 Å². The van der Waals surface area contributed by atoms with E-state index in [1.807, 2.05) is 6.92 Å². The van der Waals surface area contributed by atoms with E-state index in [4.69, 9.17) is 11.6 Å². The molecule has 0 aliphatic rings. The number of hydrogen-bond donors (Lipinski definition) is 2. The maximum atomic E-state index is 11.8. The molecular formula is C14H15ClN2O2S. The minimum Gasteiger partial charge on any atom is -0.388 e. The van der Waals surface area contributed by atoms with E-state index in [0.29, 0.717) is 17.1 Å². The van der Waals surface area contributed by atoms with E-state index in [-0.39, 0.29) is 12.3 Å². The number of aromatic nitrogens is 1. The maximum Gasteiger partial charge on any atom is 0.223 e. The van der Waals surface area contributed by atoms with Gasteiger partial charge in [0, 0.05) is 16.1 Å². The van der Waals surface area contributed by atoms with E-state index in [1.165, 1.54) is 0 Å². The van der Waals surface area contributed by atoms with Gasteiger partial charge in [-0.3, -0.25) is 4.79 Å². The van der Waals surface area contributed by atoms with Crippen molar-refractivity contribution >= 4 is 28.8 Å². The molecule has 0 aliphatic carbocycles. The lowest BCUT2D eigenvalue weighted by Crippen LogP contribution is -2.24. The number of rotatable bonds is 5. The molecule has 6 heteroatoms. The topological polar surface area (TPSA) is 62.2 Å². The Hall–Kier alpha value is -1.43. The average molecular weight is 311 g/mol. The monoisotopic (exact) mass is 310 g/mol. The third kappa shape index (κ3) is 4.30. The molecule has 1 unspecified atom stereocenters. The zero-order valence-electron chi connectivity index (χ0n) is 11.0. The predicted molar refractivity (Wildman–Crippen MR) is 79.7 cm³/mol. The minimum absolute atomic E-state index is 0.0198. The molecule has 0 saturated heterocycles. The second kappa shape index (κ2) is 6.83. The first kappa shape index (κ1) is 15.0. The molecule has 0 fully saturated rings. The van der Waals surface area contributed by atoms with Gasteiger partial charge in [-0.25, -0.2) is 4.98 Å². The van der Waals surface area contributed by atoms with E-state index in [1.54, 1.807) is 41.8 Å². The fraction of sp³-hybridized carbons (Fsp3) is 0.286. The molecule has 0 aliphatic heterocycles. The first-order valence-electron chi connectivity index (χ1n) is 6.16. The second-order valence-corrected chi connectivity index (χ2v) is 6.17. The second-order valence-electron chi connectivity index (χ2n) is 4.41. The molecule has 2 N–H and O–H groups in total. The number of aliphatic hydroxyl groups is 1. The van der Waals surface area contributed by atoms with Gasteiger partial charge in [-0.15, -0.1) is 11.3 Å². The van der Waals surface area contributed by atoms with Gasteiger partial charge in [0.15, 0.2) is 0 Å². The summed E-state index contributed by atoms with van der Waals surface area (Å²) in [6, 6.07) is 6.81. The number of thiazole rings is 1. The summed E-state index contributed by atoms with van der Waals surface area (Å²) in [7, 11) is 0. The van der Waals surface area contributed by atoms with Crippen molar-refractivity contribution in [2.45, 2.75) is 26.0 Å². The van der Waals surface area contributed by atoms with Crippen molar-refractivity contribution < 1.29 is 9.90 Å². The SMILES string of the molecule is Cc1cnc(CNC(=O)CC(O)c2ccc(Cl)cc2)s1. The van der Waals surface area contributed by atoms with Crippen LogP contribution in [0.5, 0.6) is 0 Å².